The minimum absolute atomic E-state index is 0.0723. The third kappa shape index (κ3) is 4.35. The number of rotatable bonds is 3. The van der Waals surface area contributed by atoms with Crippen LogP contribution in [0.5, 0.6) is 0 Å². The maximum absolute atomic E-state index is 13.4. The first kappa shape index (κ1) is 22.0. The van der Waals surface area contributed by atoms with E-state index in [4.69, 9.17) is 9.97 Å². The van der Waals surface area contributed by atoms with Crippen molar-refractivity contribution in [2.75, 3.05) is 36.0 Å². The van der Waals surface area contributed by atoms with Gasteiger partial charge in [0.1, 0.15) is 11.6 Å². The van der Waals surface area contributed by atoms with E-state index in [9.17, 15) is 9.18 Å². The van der Waals surface area contributed by atoms with Gasteiger partial charge in [0.25, 0.3) is 5.91 Å². The second-order valence-electron chi connectivity index (χ2n) is 9.74. The molecule has 1 fully saturated rings. The summed E-state index contributed by atoms with van der Waals surface area (Å²) >= 11 is 0. The molecule has 4 heterocycles. The summed E-state index contributed by atoms with van der Waals surface area (Å²) in [7, 11) is 0. The van der Waals surface area contributed by atoms with Crippen LogP contribution in [0.4, 0.5) is 16.2 Å². The summed E-state index contributed by atoms with van der Waals surface area (Å²) in [4.78, 5) is 29.9. The van der Waals surface area contributed by atoms with E-state index in [0.29, 0.717) is 25.1 Å². The fraction of sp³-hybridized carbons (Fsp3) is 0.393. The molecule has 0 aliphatic carbocycles. The van der Waals surface area contributed by atoms with Gasteiger partial charge in [-0.3, -0.25) is 4.79 Å². The first-order valence-corrected chi connectivity index (χ1v) is 12.7. The van der Waals surface area contributed by atoms with Crippen molar-refractivity contribution in [3.8, 4) is 0 Å². The molecule has 1 aromatic heterocycles. The molecule has 1 saturated heterocycles. The van der Waals surface area contributed by atoms with E-state index in [2.05, 4.69) is 34.1 Å². The van der Waals surface area contributed by atoms with Crippen LogP contribution in [0.2, 0.25) is 0 Å². The number of carbonyl (C=O) groups excluding carboxylic acids is 1. The van der Waals surface area contributed by atoms with Crippen LogP contribution < -0.4 is 9.80 Å². The minimum Gasteiger partial charge on any atom is -0.356 e. The Kier molecular flexibility index (Phi) is 5.84. The number of anilines is 2. The highest BCUT2D eigenvalue weighted by atomic mass is 19.1. The Morgan fingerprint density at radius 3 is 2.34 bits per heavy atom. The number of halogens is 1. The molecule has 6 nitrogen and oxygen atoms in total. The molecule has 35 heavy (non-hydrogen) atoms. The van der Waals surface area contributed by atoms with Gasteiger partial charge in [-0.1, -0.05) is 24.3 Å². The lowest BCUT2D eigenvalue weighted by molar-refractivity contribution is 0.0733. The number of nitrogens with zero attached hydrogens (tertiary/aromatic N) is 5. The fourth-order valence-corrected chi connectivity index (χ4v) is 5.51. The van der Waals surface area contributed by atoms with Gasteiger partial charge in [-0.2, -0.15) is 4.98 Å². The van der Waals surface area contributed by atoms with Gasteiger partial charge in [-0.15, -0.1) is 0 Å². The molecule has 0 radical (unpaired) electrons. The molecule has 3 aliphatic rings. The predicted molar refractivity (Wildman–Crippen MR) is 134 cm³/mol. The zero-order chi connectivity index (χ0) is 23.8. The monoisotopic (exact) mass is 471 g/mol. The molecule has 0 atom stereocenters. The molecule has 7 heteroatoms. The maximum Gasteiger partial charge on any atom is 0.254 e. The molecule has 1 amide bonds. The highest BCUT2D eigenvalue weighted by Crippen LogP contribution is 2.32. The smallest absolute Gasteiger partial charge is 0.254 e. The van der Waals surface area contributed by atoms with Crippen molar-refractivity contribution in [2.24, 2.45) is 0 Å². The summed E-state index contributed by atoms with van der Waals surface area (Å²) in [5, 5.41) is 0. The molecule has 2 aromatic carbocycles. The molecule has 3 aliphatic heterocycles. The predicted octanol–water partition coefficient (Wildman–Crippen LogP) is 4.37. The SMILES string of the molecule is O=C(c1ccc(F)cc1)N1CCc2nc(N3CCc4ccccc4C3)nc(N3CCCCC3)c2C1. The second kappa shape index (κ2) is 9.29. The molecule has 0 spiro atoms. The quantitative estimate of drug-likeness (QED) is 0.568. The van der Waals surface area contributed by atoms with E-state index >= 15 is 0 Å². The number of piperidine rings is 1. The molecule has 6 rings (SSSR count). The van der Waals surface area contributed by atoms with Crippen LogP contribution in [-0.2, 0) is 25.9 Å². The highest BCUT2D eigenvalue weighted by Gasteiger charge is 2.30. The summed E-state index contributed by atoms with van der Waals surface area (Å²) in [6, 6.07) is 14.4. The zero-order valence-electron chi connectivity index (χ0n) is 19.9. The number of aromatic nitrogens is 2. The van der Waals surface area contributed by atoms with E-state index in [1.807, 2.05) is 4.90 Å². The third-order valence-corrected chi connectivity index (χ3v) is 7.47. The van der Waals surface area contributed by atoms with Crippen LogP contribution >= 0.6 is 0 Å². The van der Waals surface area contributed by atoms with Crippen molar-refractivity contribution in [1.82, 2.24) is 14.9 Å². The lowest BCUT2D eigenvalue weighted by Gasteiger charge is -2.36. The molecule has 180 valence electrons. The Labute approximate surface area is 205 Å². The third-order valence-electron chi connectivity index (χ3n) is 7.47. The molecule has 0 saturated carbocycles. The first-order chi connectivity index (χ1) is 17.2. The van der Waals surface area contributed by atoms with Crippen molar-refractivity contribution in [2.45, 2.75) is 45.2 Å². The lowest BCUT2D eigenvalue weighted by atomic mass is 10.00. The van der Waals surface area contributed by atoms with E-state index < -0.39 is 0 Å². The average Bonchev–Trinajstić information content (AvgIpc) is 2.92. The zero-order valence-corrected chi connectivity index (χ0v) is 19.9. The van der Waals surface area contributed by atoms with Crippen molar-refractivity contribution in [3.63, 3.8) is 0 Å². The van der Waals surface area contributed by atoms with Gasteiger partial charge in [0.15, 0.2) is 0 Å². The maximum atomic E-state index is 13.4. The summed E-state index contributed by atoms with van der Waals surface area (Å²) in [5.74, 6) is 1.38. The fourth-order valence-electron chi connectivity index (χ4n) is 5.51. The van der Waals surface area contributed by atoms with Crippen LogP contribution in [0.25, 0.3) is 0 Å². The summed E-state index contributed by atoms with van der Waals surface area (Å²) < 4.78 is 13.4. The lowest BCUT2D eigenvalue weighted by Crippen LogP contribution is -2.40. The van der Waals surface area contributed by atoms with E-state index in [-0.39, 0.29) is 11.7 Å². The Morgan fingerprint density at radius 1 is 0.771 bits per heavy atom. The summed E-state index contributed by atoms with van der Waals surface area (Å²) in [6.07, 6.45) is 5.25. The summed E-state index contributed by atoms with van der Waals surface area (Å²) in [5.41, 5.74) is 5.38. The molecular weight excluding hydrogens is 441 g/mol. The molecule has 3 aromatic rings. The second-order valence-corrected chi connectivity index (χ2v) is 9.74. The topological polar surface area (TPSA) is 52.6 Å². The minimum atomic E-state index is -0.334. The highest BCUT2D eigenvalue weighted by molar-refractivity contribution is 5.94. The van der Waals surface area contributed by atoms with Crippen LogP contribution in [0.1, 0.15) is 52.0 Å². The van der Waals surface area contributed by atoms with Crippen LogP contribution in [0.3, 0.4) is 0 Å². The van der Waals surface area contributed by atoms with E-state index in [1.54, 1.807) is 12.1 Å². The van der Waals surface area contributed by atoms with E-state index in [1.165, 1.54) is 29.7 Å². The average molecular weight is 472 g/mol. The largest absolute Gasteiger partial charge is 0.356 e. The number of amides is 1. The van der Waals surface area contributed by atoms with E-state index in [0.717, 1.165) is 68.5 Å². The summed E-state index contributed by atoms with van der Waals surface area (Å²) in [6.45, 7) is 4.78. The van der Waals surface area contributed by atoms with Gasteiger partial charge in [-0.05, 0) is 61.1 Å². The van der Waals surface area contributed by atoms with Crippen molar-refractivity contribution < 1.29 is 9.18 Å². The Balaban J connectivity index is 1.32. The number of hydrogen-bond acceptors (Lipinski definition) is 5. The van der Waals surface area contributed by atoms with Gasteiger partial charge >= 0.3 is 0 Å². The Hall–Kier alpha value is -3.48. The molecule has 0 unspecified atom stereocenters. The van der Waals surface area contributed by atoms with Gasteiger partial charge in [-0.25, -0.2) is 9.37 Å². The van der Waals surface area contributed by atoms with Crippen LogP contribution in [0.15, 0.2) is 48.5 Å². The van der Waals surface area contributed by atoms with Crippen molar-refractivity contribution in [1.29, 1.82) is 0 Å². The van der Waals surface area contributed by atoms with Gasteiger partial charge < -0.3 is 14.7 Å². The van der Waals surface area contributed by atoms with Crippen LogP contribution in [-0.4, -0.2) is 47.0 Å². The molecule has 0 N–H and O–H groups in total. The van der Waals surface area contributed by atoms with Gasteiger partial charge in [0.05, 0.1) is 12.2 Å². The normalized spacial score (nSPS) is 17.7. The molecular formula is C28H30FN5O. The Morgan fingerprint density at radius 2 is 1.54 bits per heavy atom. The number of carbonyl (C=O) groups is 1. The van der Waals surface area contributed by atoms with Crippen molar-refractivity contribution in [3.05, 3.63) is 82.3 Å². The van der Waals surface area contributed by atoms with Crippen molar-refractivity contribution >= 4 is 17.7 Å². The van der Waals surface area contributed by atoms with Gasteiger partial charge in [0.2, 0.25) is 5.95 Å². The van der Waals surface area contributed by atoms with Crippen LogP contribution in [0, 0.1) is 5.82 Å². The Bertz CT molecular complexity index is 1240. The van der Waals surface area contributed by atoms with Gasteiger partial charge in [0, 0.05) is 50.3 Å². The number of fused-ring (bicyclic) bond motifs is 2. The standard InChI is InChI=1S/C28H30FN5O/c29-23-10-8-21(9-11-23)27(35)33-17-13-25-24(19-33)26(32-14-4-1-5-15-32)31-28(30-25)34-16-12-20-6-2-3-7-22(20)18-34/h2-3,6-11H,1,4-5,12-19H2. The first-order valence-electron chi connectivity index (χ1n) is 12.7. The number of hydrogen-bond donors (Lipinski definition) is 0. The molecule has 0 bridgehead atoms. The number of benzene rings is 2.